The van der Waals surface area contributed by atoms with E-state index >= 15 is 0 Å². The molecule has 2 atom stereocenters. The maximum atomic E-state index is 13.8. The number of ether oxygens (including phenoxy) is 1. The van der Waals surface area contributed by atoms with Gasteiger partial charge in [-0.1, -0.05) is 0 Å². The summed E-state index contributed by atoms with van der Waals surface area (Å²) in [5, 5.41) is -6.94. The lowest BCUT2D eigenvalue weighted by Crippen LogP contribution is -2.63. The third-order valence-electron chi connectivity index (χ3n) is 4.61. The van der Waals surface area contributed by atoms with Crippen LogP contribution in [0, 0.1) is 0 Å². The van der Waals surface area contributed by atoms with E-state index in [-0.39, 0.29) is 12.8 Å². The second-order valence-corrected chi connectivity index (χ2v) is 9.81. The highest BCUT2D eigenvalue weighted by Gasteiger charge is 2.86. The van der Waals surface area contributed by atoms with Gasteiger partial charge in [0, 0.05) is 12.5 Å². The Balaban J connectivity index is 2.29. The molecular formula is C16H18F9NO5S. The Morgan fingerprint density at radius 1 is 0.969 bits per heavy atom. The lowest BCUT2D eigenvalue weighted by molar-refractivity contribution is -0.382. The number of alkyl halides is 9. The zero-order valence-electron chi connectivity index (χ0n) is 16.7. The summed E-state index contributed by atoms with van der Waals surface area (Å²) in [6, 6.07) is -1.82. The van der Waals surface area contributed by atoms with Crippen molar-refractivity contribution in [2.45, 2.75) is 81.0 Å². The van der Waals surface area contributed by atoms with Crippen LogP contribution in [0.4, 0.5) is 44.3 Å². The Morgan fingerprint density at radius 3 is 1.94 bits per heavy atom. The van der Waals surface area contributed by atoms with Crippen LogP contribution in [0.15, 0.2) is 11.8 Å². The zero-order valence-corrected chi connectivity index (χ0v) is 17.5. The molecule has 1 fully saturated rings. The first kappa shape index (κ1) is 26.4. The number of hydrogen-bond acceptors (Lipinski definition) is 5. The number of halogens is 9. The van der Waals surface area contributed by atoms with Crippen molar-refractivity contribution in [2.75, 3.05) is 0 Å². The molecule has 1 amide bonds. The number of amides is 1. The summed E-state index contributed by atoms with van der Waals surface area (Å²) in [4.78, 5) is 13.4. The van der Waals surface area contributed by atoms with Crippen molar-refractivity contribution in [3.63, 3.8) is 0 Å². The highest BCUT2D eigenvalue weighted by atomic mass is 32.2. The number of carbonyl (C=O) groups excluding carboxylic acids is 1. The first-order chi connectivity index (χ1) is 14.1. The van der Waals surface area contributed by atoms with Gasteiger partial charge in [-0.05, 0) is 39.7 Å². The molecule has 2 rings (SSSR count). The summed E-state index contributed by atoms with van der Waals surface area (Å²) in [7, 11) is -7.01. The highest BCUT2D eigenvalue weighted by Crippen LogP contribution is 2.55. The summed E-state index contributed by atoms with van der Waals surface area (Å²) < 4.78 is 149. The van der Waals surface area contributed by atoms with E-state index in [4.69, 9.17) is 4.74 Å². The maximum absolute atomic E-state index is 13.8. The van der Waals surface area contributed by atoms with Crippen LogP contribution in [0.3, 0.4) is 0 Å². The SMILES string of the molecule is CC(C)(C)OC(=O)N1C2C=C(OS(=O)(=O)C(F)(F)C(F)(F)C(F)(F)C(F)(F)F)CC1CC2. The van der Waals surface area contributed by atoms with Crippen molar-refractivity contribution in [1.82, 2.24) is 4.90 Å². The smallest absolute Gasteiger partial charge is 0.444 e. The van der Waals surface area contributed by atoms with Gasteiger partial charge in [0.2, 0.25) is 0 Å². The predicted molar refractivity (Wildman–Crippen MR) is 88.5 cm³/mol. The fourth-order valence-corrected chi connectivity index (χ4v) is 4.12. The molecule has 0 N–H and O–H groups in total. The van der Waals surface area contributed by atoms with E-state index in [9.17, 15) is 52.7 Å². The Morgan fingerprint density at radius 2 is 1.50 bits per heavy atom. The van der Waals surface area contributed by atoms with Gasteiger partial charge in [0.15, 0.2) is 0 Å². The van der Waals surface area contributed by atoms with Crippen LogP contribution in [0.5, 0.6) is 0 Å². The van der Waals surface area contributed by atoms with E-state index in [0.29, 0.717) is 0 Å². The van der Waals surface area contributed by atoms with Gasteiger partial charge in [0.05, 0.1) is 6.04 Å². The van der Waals surface area contributed by atoms with Crippen LogP contribution in [-0.2, 0) is 19.0 Å². The van der Waals surface area contributed by atoms with Crippen LogP contribution in [0.1, 0.15) is 40.0 Å². The normalized spacial score (nSPS) is 23.1. The minimum absolute atomic E-state index is 0.176. The monoisotopic (exact) mass is 507 g/mol. The standard InChI is InChI=1S/C16H18F9NO5S/c1-12(2,3)30-11(27)26-8-4-5-9(26)7-10(6-8)31-32(28,29)16(24,25)14(19,20)13(17,18)15(21,22)23/h6,8-9H,4-5,7H2,1-3H3. The second-order valence-electron chi connectivity index (χ2n) is 8.22. The summed E-state index contributed by atoms with van der Waals surface area (Å²) in [6.45, 7) is 4.64. The van der Waals surface area contributed by atoms with E-state index in [1.807, 2.05) is 0 Å². The van der Waals surface area contributed by atoms with Crippen LogP contribution >= 0.6 is 0 Å². The van der Waals surface area contributed by atoms with Gasteiger partial charge in [-0.15, -0.1) is 0 Å². The van der Waals surface area contributed by atoms with Gasteiger partial charge < -0.3 is 8.92 Å². The quantitative estimate of drug-likeness (QED) is 0.395. The second kappa shape index (κ2) is 7.58. The number of nitrogens with zero attached hydrogens (tertiary/aromatic N) is 1. The molecule has 2 heterocycles. The average molecular weight is 507 g/mol. The topological polar surface area (TPSA) is 72.9 Å². The third-order valence-corrected chi connectivity index (χ3v) is 5.93. The summed E-state index contributed by atoms with van der Waals surface area (Å²) in [6.07, 6.45) is -7.44. The van der Waals surface area contributed by atoms with Crippen molar-refractivity contribution in [1.29, 1.82) is 0 Å². The molecule has 0 saturated carbocycles. The van der Waals surface area contributed by atoms with Crippen LogP contribution in [0.2, 0.25) is 0 Å². The fraction of sp³-hybridized carbons (Fsp3) is 0.812. The van der Waals surface area contributed by atoms with E-state index < -0.39 is 69.4 Å². The van der Waals surface area contributed by atoms with Crippen LogP contribution in [-0.4, -0.2) is 60.4 Å². The molecule has 2 aliphatic heterocycles. The first-order valence-corrected chi connectivity index (χ1v) is 10.3. The molecular weight excluding hydrogens is 489 g/mol. The van der Waals surface area contributed by atoms with Crippen molar-refractivity contribution in [2.24, 2.45) is 0 Å². The third kappa shape index (κ3) is 4.33. The molecule has 2 unspecified atom stereocenters. The van der Waals surface area contributed by atoms with Crippen molar-refractivity contribution in [3.8, 4) is 0 Å². The fourth-order valence-electron chi connectivity index (χ4n) is 3.16. The van der Waals surface area contributed by atoms with Gasteiger partial charge >= 0.3 is 39.5 Å². The molecule has 0 aromatic carbocycles. The number of fused-ring (bicyclic) bond motifs is 2. The molecule has 186 valence electrons. The van der Waals surface area contributed by atoms with Gasteiger partial charge in [-0.25, -0.2) is 4.79 Å². The Bertz CT molecular complexity index is 893. The molecule has 16 heteroatoms. The molecule has 0 spiro atoms. The van der Waals surface area contributed by atoms with Gasteiger partial charge in [-0.3, -0.25) is 4.90 Å². The lowest BCUT2D eigenvalue weighted by Gasteiger charge is -2.36. The van der Waals surface area contributed by atoms with Crippen molar-refractivity contribution < 1.29 is 61.6 Å². The zero-order chi connectivity index (χ0) is 25.1. The maximum Gasteiger partial charge on any atom is 0.460 e. The van der Waals surface area contributed by atoms with Gasteiger partial charge in [0.1, 0.15) is 11.4 Å². The van der Waals surface area contributed by atoms with Crippen molar-refractivity contribution >= 4 is 16.2 Å². The highest BCUT2D eigenvalue weighted by molar-refractivity contribution is 7.88. The molecule has 0 aromatic rings. The summed E-state index contributed by atoms with van der Waals surface area (Å²) >= 11 is 0. The largest absolute Gasteiger partial charge is 0.460 e. The minimum atomic E-state index is -7.38. The molecule has 0 aliphatic carbocycles. The molecule has 32 heavy (non-hydrogen) atoms. The summed E-state index contributed by atoms with van der Waals surface area (Å²) in [5.74, 6) is -15.7. The molecule has 2 bridgehead atoms. The minimum Gasteiger partial charge on any atom is -0.444 e. The van der Waals surface area contributed by atoms with Crippen LogP contribution in [0.25, 0.3) is 0 Å². The number of hydrogen-bond donors (Lipinski definition) is 0. The Kier molecular flexibility index (Phi) is 6.25. The Hall–Kier alpha value is -1.87. The molecule has 0 aromatic heterocycles. The van der Waals surface area contributed by atoms with E-state index in [1.165, 1.54) is 0 Å². The predicted octanol–water partition coefficient (Wildman–Crippen LogP) is 4.81. The van der Waals surface area contributed by atoms with Gasteiger partial charge in [-0.2, -0.15) is 47.9 Å². The number of rotatable bonds is 5. The van der Waals surface area contributed by atoms with E-state index in [2.05, 4.69) is 4.18 Å². The van der Waals surface area contributed by atoms with E-state index in [0.717, 1.165) is 11.0 Å². The molecule has 0 radical (unpaired) electrons. The molecule has 2 aliphatic rings. The molecule has 6 nitrogen and oxygen atoms in total. The van der Waals surface area contributed by atoms with Crippen LogP contribution < -0.4 is 0 Å². The Labute approximate surface area is 176 Å². The lowest BCUT2D eigenvalue weighted by atomic mass is 10.1. The summed E-state index contributed by atoms with van der Waals surface area (Å²) in [5.41, 5.74) is -0.919. The number of carbonyl (C=O) groups is 1. The van der Waals surface area contributed by atoms with Gasteiger partial charge in [0.25, 0.3) is 0 Å². The first-order valence-electron chi connectivity index (χ1n) is 8.91. The van der Waals surface area contributed by atoms with Crippen molar-refractivity contribution in [3.05, 3.63) is 11.8 Å². The molecule has 1 saturated heterocycles. The average Bonchev–Trinajstić information content (AvgIpc) is 2.83. The van der Waals surface area contributed by atoms with E-state index in [1.54, 1.807) is 20.8 Å².